The molecule has 0 bridgehead atoms. The highest BCUT2D eigenvalue weighted by atomic mass is 32.2. The van der Waals surface area contributed by atoms with E-state index >= 15 is 0 Å². The largest absolute Gasteiger partial charge is 0.497 e. The number of carbonyl (C=O) groups is 1. The van der Waals surface area contributed by atoms with E-state index in [1.807, 2.05) is 79.7 Å². The van der Waals surface area contributed by atoms with Crippen LogP contribution in [0.4, 0.5) is 0 Å². The van der Waals surface area contributed by atoms with Crippen LogP contribution in [0.5, 0.6) is 11.5 Å². The summed E-state index contributed by atoms with van der Waals surface area (Å²) < 4.78 is 10.6. The number of nitrogens with zero attached hydrogens (tertiary/aromatic N) is 1. The van der Waals surface area contributed by atoms with Crippen molar-refractivity contribution < 1.29 is 14.3 Å². The summed E-state index contributed by atoms with van der Waals surface area (Å²) in [6, 6.07) is 23.2. The second kappa shape index (κ2) is 9.75. The molecule has 0 spiro atoms. The number of ether oxygens (including phenoxy) is 2. The van der Waals surface area contributed by atoms with E-state index in [0.717, 1.165) is 39.6 Å². The van der Waals surface area contributed by atoms with Crippen molar-refractivity contribution in [3.8, 4) is 34.0 Å². The first-order valence-corrected chi connectivity index (χ1v) is 11.2. The minimum Gasteiger partial charge on any atom is -0.497 e. The zero-order valence-electron chi connectivity index (χ0n) is 18.2. The van der Waals surface area contributed by atoms with Crippen LogP contribution in [-0.2, 0) is 0 Å². The predicted molar refractivity (Wildman–Crippen MR) is 129 cm³/mol. The molecule has 0 amide bonds. The van der Waals surface area contributed by atoms with E-state index in [-0.39, 0.29) is 5.78 Å². The van der Waals surface area contributed by atoms with E-state index in [2.05, 4.69) is 4.98 Å². The van der Waals surface area contributed by atoms with Gasteiger partial charge in [0.15, 0.2) is 10.9 Å². The Morgan fingerprint density at radius 2 is 1.41 bits per heavy atom. The third-order valence-electron chi connectivity index (χ3n) is 5.14. The molecule has 0 unspecified atom stereocenters. The van der Waals surface area contributed by atoms with Crippen molar-refractivity contribution in [1.82, 2.24) is 9.97 Å². The molecule has 1 heterocycles. The number of rotatable bonds is 8. The molecule has 5 nitrogen and oxygen atoms in total. The highest BCUT2D eigenvalue weighted by Crippen LogP contribution is 2.34. The zero-order chi connectivity index (χ0) is 22.5. The number of carbonyl (C=O) groups excluding carboxylic acids is 1. The van der Waals surface area contributed by atoms with Crippen molar-refractivity contribution in [2.24, 2.45) is 0 Å². The summed E-state index contributed by atoms with van der Waals surface area (Å²) >= 11 is 1.40. The molecule has 0 saturated heterocycles. The van der Waals surface area contributed by atoms with Gasteiger partial charge >= 0.3 is 0 Å². The Bertz CT molecular complexity index is 1130. The van der Waals surface area contributed by atoms with Crippen molar-refractivity contribution in [3.63, 3.8) is 0 Å². The van der Waals surface area contributed by atoms with Crippen LogP contribution in [0.3, 0.4) is 0 Å². The lowest BCUT2D eigenvalue weighted by molar-refractivity contribution is 0.102. The molecular weight excluding hydrogens is 420 g/mol. The van der Waals surface area contributed by atoms with Gasteiger partial charge in [0.05, 0.1) is 31.4 Å². The number of thioether (sulfide) groups is 1. The molecule has 0 radical (unpaired) electrons. The molecule has 1 aromatic heterocycles. The third-order valence-corrected chi connectivity index (χ3v) is 6.01. The van der Waals surface area contributed by atoms with E-state index in [9.17, 15) is 4.79 Å². The maximum atomic E-state index is 12.6. The molecule has 162 valence electrons. The lowest BCUT2D eigenvalue weighted by Crippen LogP contribution is -2.02. The number of aromatic amines is 1. The van der Waals surface area contributed by atoms with E-state index in [0.29, 0.717) is 16.5 Å². The van der Waals surface area contributed by atoms with Crippen LogP contribution < -0.4 is 9.47 Å². The Morgan fingerprint density at radius 3 is 1.97 bits per heavy atom. The van der Waals surface area contributed by atoms with Crippen molar-refractivity contribution in [1.29, 1.82) is 0 Å². The number of nitrogens with one attached hydrogen (secondary N) is 1. The van der Waals surface area contributed by atoms with E-state index < -0.39 is 0 Å². The van der Waals surface area contributed by atoms with Gasteiger partial charge < -0.3 is 14.5 Å². The number of aryl methyl sites for hydroxylation is 1. The minimum atomic E-state index is 0.0726. The van der Waals surface area contributed by atoms with Gasteiger partial charge in [-0.25, -0.2) is 4.98 Å². The Balaban J connectivity index is 1.63. The van der Waals surface area contributed by atoms with Crippen molar-refractivity contribution in [2.75, 3.05) is 20.0 Å². The highest BCUT2D eigenvalue weighted by molar-refractivity contribution is 7.99. The number of hydrogen-bond donors (Lipinski definition) is 1. The highest BCUT2D eigenvalue weighted by Gasteiger charge is 2.16. The van der Waals surface area contributed by atoms with Gasteiger partial charge in [-0.05, 0) is 55.5 Å². The van der Waals surface area contributed by atoms with Gasteiger partial charge in [-0.1, -0.05) is 41.6 Å². The lowest BCUT2D eigenvalue weighted by atomic mass is 10.0. The molecule has 0 aliphatic carbocycles. The normalized spacial score (nSPS) is 10.7. The average molecular weight is 445 g/mol. The lowest BCUT2D eigenvalue weighted by Gasteiger charge is -2.06. The number of imidazole rings is 1. The molecule has 6 heteroatoms. The van der Waals surface area contributed by atoms with Crippen molar-refractivity contribution in [2.45, 2.75) is 12.1 Å². The van der Waals surface area contributed by atoms with Crippen LogP contribution in [0.2, 0.25) is 0 Å². The monoisotopic (exact) mass is 444 g/mol. The summed E-state index contributed by atoms with van der Waals surface area (Å²) in [7, 11) is 3.29. The fourth-order valence-corrected chi connectivity index (χ4v) is 4.07. The van der Waals surface area contributed by atoms with Gasteiger partial charge in [0.1, 0.15) is 11.5 Å². The van der Waals surface area contributed by atoms with Crippen LogP contribution in [-0.4, -0.2) is 35.7 Å². The molecule has 0 aliphatic heterocycles. The molecule has 4 rings (SSSR count). The summed E-state index contributed by atoms with van der Waals surface area (Å²) in [6.45, 7) is 2.01. The molecule has 0 fully saturated rings. The number of H-pyrrole nitrogens is 1. The molecule has 0 aliphatic rings. The van der Waals surface area contributed by atoms with E-state index in [4.69, 9.17) is 14.5 Å². The number of methoxy groups -OCH3 is 2. The van der Waals surface area contributed by atoms with Gasteiger partial charge in [-0.3, -0.25) is 4.79 Å². The van der Waals surface area contributed by atoms with Crippen LogP contribution >= 0.6 is 11.8 Å². The van der Waals surface area contributed by atoms with Crippen LogP contribution in [0, 0.1) is 6.92 Å². The molecule has 0 saturated carbocycles. The van der Waals surface area contributed by atoms with E-state index in [1.165, 1.54) is 11.8 Å². The smallest absolute Gasteiger partial charge is 0.173 e. The SMILES string of the molecule is COc1ccc(-c2nc(SCC(=O)c3ccc(C)cc3)[nH]c2-c2ccc(OC)cc2)cc1. The molecule has 3 aromatic carbocycles. The fourth-order valence-electron chi connectivity index (χ4n) is 3.30. The van der Waals surface area contributed by atoms with Gasteiger partial charge in [-0.2, -0.15) is 0 Å². The number of benzene rings is 3. The first-order chi connectivity index (χ1) is 15.6. The second-order valence-electron chi connectivity index (χ2n) is 7.30. The maximum Gasteiger partial charge on any atom is 0.173 e. The summed E-state index contributed by atoms with van der Waals surface area (Å²) in [6.07, 6.45) is 0. The quantitative estimate of drug-likeness (QED) is 0.265. The molecule has 4 aromatic rings. The summed E-state index contributed by atoms with van der Waals surface area (Å²) in [5.74, 6) is 1.95. The average Bonchev–Trinajstić information content (AvgIpc) is 3.27. The molecule has 1 N–H and O–H groups in total. The zero-order valence-corrected chi connectivity index (χ0v) is 19.0. The van der Waals surface area contributed by atoms with Gasteiger partial charge in [0.25, 0.3) is 0 Å². The number of hydrogen-bond acceptors (Lipinski definition) is 5. The number of Topliss-reactive ketones (excluding diaryl/α,β-unsaturated/α-hetero) is 1. The minimum absolute atomic E-state index is 0.0726. The standard InChI is InChI=1S/C26H24N2O3S/c1-17-4-6-18(7-5-17)23(29)16-32-26-27-24(19-8-12-21(30-2)13-9-19)25(28-26)20-10-14-22(31-3)15-11-20/h4-15H,16H2,1-3H3,(H,27,28). The van der Waals surface area contributed by atoms with Gasteiger partial charge in [-0.15, -0.1) is 0 Å². The molecule has 32 heavy (non-hydrogen) atoms. The van der Waals surface area contributed by atoms with E-state index in [1.54, 1.807) is 14.2 Å². The third kappa shape index (κ3) is 4.86. The summed E-state index contributed by atoms with van der Waals surface area (Å²) in [5.41, 5.74) is 5.51. The second-order valence-corrected chi connectivity index (χ2v) is 8.26. The molecule has 0 atom stereocenters. The number of aromatic nitrogens is 2. The van der Waals surface area contributed by atoms with Gasteiger partial charge in [0, 0.05) is 16.7 Å². The number of ketones is 1. The first kappa shape index (κ1) is 21.7. The van der Waals surface area contributed by atoms with Crippen LogP contribution in [0.15, 0.2) is 78.0 Å². The van der Waals surface area contributed by atoms with Gasteiger partial charge in [0.2, 0.25) is 0 Å². The predicted octanol–water partition coefficient (Wildman–Crippen LogP) is 6.04. The Hall–Kier alpha value is -3.51. The first-order valence-electron chi connectivity index (χ1n) is 10.2. The Morgan fingerprint density at radius 1 is 0.844 bits per heavy atom. The van der Waals surface area contributed by atoms with Crippen molar-refractivity contribution >= 4 is 17.5 Å². The Kier molecular flexibility index (Phi) is 6.61. The maximum absolute atomic E-state index is 12.6. The van der Waals surface area contributed by atoms with Crippen molar-refractivity contribution in [3.05, 3.63) is 83.9 Å². The summed E-state index contributed by atoms with van der Waals surface area (Å²) in [5, 5.41) is 0.696. The molecular formula is C26H24N2O3S. The topological polar surface area (TPSA) is 64.2 Å². The van der Waals surface area contributed by atoms with Crippen LogP contribution in [0.1, 0.15) is 15.9 Å². The summed E-state index contributed by atoms with van der Waals surface area (Å²) in [4.78, 5) is 20.8. The fraction of sp³-hybridized carbons (Fsp3) is 0.154. The Labute approximate surface area is 191 Å². The van der Waals surface area contributed by atoms with Crippen LogP contribution in [0.25, 0.3) is 22.5 Å².